The Bertz CT molecular complexity index is 649. The Balaban J connectivity index is 2.14. The summed E-state index contributed by atoms with van der Waals surface area (Å²) in [6.07, 6.45) is 6.85. The first-order valence-corrected chi connectivity index (χ1v) is 9.52. The lowest BCUT2D eigenvalue weighted by molar-refractivity contribution is 0.0696. The summed E-state index contributed by atoms with van der Waals surface area (Å²) in [5, 5.41) is 0. The number of nitrogens with one attached hydrogen (secondary N) is 1. The smallest absolute Gasteiger partial charge is 0.253 e. The maximum absolute atomic E-state index is 12.6. The van der Waals surface area contributed by atoms with Crippen LogP contribution in [0.5, 0.6) is 0 Å². The Morgan fingerprint density at radius 3 is 2.41 bits per heavy atom. The predicted molar refractivity (Wildman–Crippen MR) is 88.6 cm³/mol. The molecular weight excluding hydrogens is 300 g/mol. The average Bonchev–Trinajstić information content (AvgIpc) is 2.47. The van der Waals surface area contributed by atoms with Gasteiger partial charge in [0.1, 0.15) is 0 Å². The topological polar surface area (TPSA) is 66.5 Å². The minimum atomic E-state index is -3.31. The van der Waals surface area contributed by atoms with Crippen LogP contribution in [-0.4, -0.2) is 38.6 Å². The lowest BCUT2D eigenvalue weighted by Crippen LogP contribution is -2.38. The first-order chi connectivity index (χ1) is 10.3. The average molecular weight is 324 g/mol. The molecule has 0 spiro atoms. The first-order valence-electron chi connectivity index (χ1n) is 7.63. The highest BCUT2D eigenvalue weighted by Crippen LogP contribution is 2.24. The minimum absolute atomic E-state index is 0.000839. The number of rotatable bonds is 4. The van der Waals surface area contributed by atoms with E-state index in [0.717, 1.165) is 24.7 Å². The van der Waals surface area contributed by atoms with Crippen LogP contribution in [0.2, 0.25) is 0 Å². The van der Waals surface area contributed by atoms with Gasteiger partial charge in [0, 0.05) is 18.7 Å². The number of carbonyl (C=O) groups is 1. The molecule has 0 aromatic heterocycles. The fraction of sp³-hybridized carbons (Fsp3) is 0.562. The van der Waals surface area contributed by atoms with Gasteiger partial charge in [-0.1, -0.05) is 19.3 Å². The van der Waals surface area contributed by atoms with Gasteiger partial charge < -0.3 is 4.90 Å². The molecule has 1 fully saturated rings. The fourth-order valence-electron chi connectivity index (χ4n) is 2.95. The van der Waals surface area contributed by atoms with E-state index in [1.165, 1.54) is 19.3 Å². The Kier molecular flexibility index (Phi) is 5.11. The maximum Gasteiger partial charge on any atom is 0.253 e. The molecule has 6 heteroatoms. The number of hydrogen-bond acceptors (Lipinski definition) is 3. The standard InChI is InChI=1S/C16H24N2O3S/c1-12-11-13(9-10-15(12)17-22(3,20)21)16(19)18(2)14-7-5-4-6-8-14/h9-11,14,17H,4-8H2,1-3H3. The second kappa shape index (κ2) is 6.69. The van der Waals surface area contributed by atoms with Gasteiger partial charge in [0.15, 0.2) is 0 Å². The van der Waals surface area contributed by atoms with E-state index in [1.54, 1.807) is 25.1 Å². The summed E-state index contributed by atoms with van der Waals surface area (Å²) in [5.74, 6) is 0.000839. The monoisotopic (exact) mass is 324 g/mol. The number of sulfonamides is 1. The van der Waals surface area contributed by atoms with Crippen LogP contribution in [0.25, 0.3) is 0 Å². The molecule has 5 nitrogen and oxygen atoms in total. The molecule has 1 aliphatic carbocycles. The molecule has 0 radical (unpaired) electrons. The lowest BCUT2D eigenvalue weighted by Gasteiger charge is -2.31. The van der Waals surface area contributed by atoms with Gasteiger partial charge in [0.25, 0.3) is 5.91 Å². The number of benzene rings is 1. The van der Waals surface area contributed by atoms with Crippen molar-refractivity contribution in [1.29, 1.82) is 0 Å². The Labute approximate surface area is 132 Å². The summed E-state index contributed by atoms with van der Waals surface area (Å²) in [7, 11) is -1.45. The number of amides is 1. The van der Waals surface area contributed by atoms with Crippen molar-refractivity contribution < 1.29 is 13.2 Å². The first kappa shape index (κ1) is 16.8. The van der Waals surface area contributed by atoms with Crippen molar-refractivity contribution in [2.24, 2.45) is 0 Å². The lowest BCUT2D eigenvalue weighted by atomic mass is 9.94. The summed E-state index contributed by atoms with van der Waals surface area (Å²) in [5.41, 5.74) is 1.86. The minimum Gasteiger partial charge on any atom is -0.339 e. The van der Waals surface area contributed by atoms with E-state index in [1.807, 2.05) is 11.9 Å². The van der Waals surface area contributed by atoms with Crippen LogP contribution in [0.4, 0.5) is 5.69 Å². The summed E-state index contributed by atoms with van der Waals surface area (Å²) in [6, 6.07) is 5.39. The molecule has 22 heavy (non-hydrogen) atoms. The summed E-state index contributed by atoms with van der Waals surface area (Å²) >= 11 is 0. The van der Waals surface area contributed by atoms with Crippen molar-refractivity contribution in [2.45, 2.75) is 45.1 Å². The Morgan fingerprint density at radius 1 is 1.23 bits per heavy atom. The van der Waals surface area contributed by atoms with Crippen molar-refractivity contribution in [3.8, 4) is 0 Å². The van der Waals surface area contributed by atoms with Crippen molar-refractivity contribution in [3.63, 3.8) is 0 Å². The number of aryl methyl sites for hydroxylation is 1. The van der Waals surface area contributed by atoms with Gasteiger partial charge in [-0.3, -0.25) is 9.52 Å². The van der Waals surface area contributed by atoms with Crippen LogP contribution in [-0.2, 0) is 10.0 Å². The molecule has 0 saturated heterocycles. The van der Waals surface area contributed by atoms with Crippen molar-refractivity contribution in [1.82, 2.24) is 4.90 Å². The molecule has 0 aliphatic heterocycles. The molecule has 0 unspecified atom stereocenters. The highest BCUT2D eigenvalue weighted by Gasteiger charge is 2.23. The highest BCUT2D eigenvalue weighted by molar-refractivity contribution is 7.92. The van der Waals surface area contributed by atoms with Gasteiger partial charge >= 0.3 is 0 Å². The van der Waals surface area contributed by atoms with Crippen molar-refractivity contribution >= 4 is 21.6 Å². The molecule has 0 heterocycles. The van der Waals surface area contributed by atoms with Crippen molar-refractivity contribution in [2.75, 3.05) is 18.0 Å². The molecule has 0 bridgehead atoms. The zero-order chi connectivity index (χ0) is 16.3. The van der Waals surface area contributed by atoms with Crippen LogP contribution in [0.15, 0.2) is 18.2 Å². The van der Waals surface area contributed by atoms with E-state index in [0.29, 0.717) is 17.3 Å². The third-order valence-electron chi connectivity index (χ3n) is 4.21. The number of carbonyl (C=O) groups excluding carboxylic acids is 1. The molecular formula is C16H24N2O3S. The third kappa shape index (κ3) is 4.22. The zero-order valence-corrected chi connectivity index (χ0v) is 14.2. The van der Waals surface area contributed by atoms with E-state index in [2.05, 4.69) is 4.72 Å². The largest absolute Gasteiger partial charge is 0.339 e. The van der Waals surface area contributed by atoms with Crippen LogP contribution >= 0.6 is 0 Å². The van der Waals surface area contributed by atoms with E-state index in [9.17, 15) is 13.2 Å². The van der Waals surface area contributed by atoms with Crippen LogP contribution in [0.1, 0.15) is 48.0 Å². The summed E-state index contributed by atoms with van der Waals surface area (Å²) < 4.78 is 25.1. The van der Waals surface area contributed by atoms with Gasteiger partial charge in [-0.15, -0.1) is 0 Å². The quantitative estimate of drug-likeness (QED) is 0.926. The predicted octanol–water partition coefficient (Wildman–Crippen LogP) is 2.77. The Hall–Kier alpha value is -1.56. The molecule has 122 valence electrons. The van der Waals surface area contributed by atoms with Crippen molar-refractivity contribution in [3.05, 3.63) is 29.3 Å². The molecule has 1 aromatic carbocycles. The van der Waals surface area contributed by atoms with Crippen LogP contribution in [0, 0.1) is 6.92 Å². The molecule has 0 atom stereocenters. The van der Waals surface area contributed by atoms with E-state index >= 15 is 0 Å². The normalized spacial score (nSPS) is 16.3. The van der Waals surface area contributed by atoms with Gasteiger partial charge in [-0.25, -0.2) is 8.42 Å². The highest BCUT2D eigenvalue weighted by atomic mass is 32.2. The van der Waals surface area contributed by atoms with Gasteiger partial charge in [0.2, 0.25) is 10.0 Å². The second-order valence-electron chi connectivity index (χ2n) is 6.11. The SMILES string of the molecule is Cc1cc(C(=O)N(C)C2CCCCC2)ccc1NS(C)(=O)=O. The second-order valence-corrected chi connectivity index (χ2v) is 7.86. The third-order valence-corrected chi connectivity index (χ3v) is 4.80. The number of anilines is 1. The van der Waals surface area contributed by atoms with Gasteiger partial charge in [0.05, 0.1) is 11.9 Å². The Morgan fingerprint density at radius 2 is 1.86 bits per heavy atom. The summed E-state index contributed by atoms with van der Waals surface area (Å²) in [4.78, 5) is 14.4. The van der Waals surface area contributed by atoms with Crippen LogP contribution < -0.4 is 4.72 Å². The zero-order valence-electron chi connectivity index (χ0n) is 13.4. The molecule has 1 saturated carbocycles. The molecule has 2 rings (SSSR count). The van der Waals surface area contributed by atoms with Gasteiger partial charge in [-0.2, -0.15) is 0 Å². The molecule has 1 aliphatic rings. The molecule has 1 amide bonds. The maximum atomic E-state index is 12.6. The van der Waals surface area contributed by atoms with Crippen LogP contribution in [0.3, 0.4) is 0 Å². The molecule has 1 aromatic rings. The summed E-state index contributed by atoms with van der Waals surface area (Å²) in [6.45, 7) is 1.80. The van der Waals surface area contributed by atoms with E-state index in [-0.39, 0.29) is 5.91 Å². The molecule has 1 N–H and O–H groups in total. The number of hydrogen-bond donors (Lipinski definition) is 1. The fourth-order valence-corrected chi connectivity index (χ4v) is 3.58. The number of nitrogens with zero attached hydrogens (tertiary/aromatic N) is 1. The van der Waals surface area contributed by atoms with E-state index in [4.69, 9.17) is 0 Å². The van der Waals surface area contributed by atoms with E-state index < -0.39 is 10.0 Å². The van der Waals surface area contributed by atoms with Gasteiger partial charge in [-0.05, 0) is 43.5 Å².